The van der Waals surface area contributed by atoms with E-state index >= 15 is 0 Å². The first-order valence-electron chi connectivity index (χ1n) is 11.7. The summed E-state index contributed by atoms with van der Waals surface area (Å²) in [5.74, 6) is -1.67. The molecule has 42 heavy (non-hydrogen) atoms. The van der Waals surface area contributed by atoms with E-state index in [0.29, 0.717) is 0 Å². The Morgan fingerprint density at radius 1 is 0.452 bits per heavy atom. The number of thiophene rings is 6. The summed E-state index contributed by atoms with van der Waals surface area (Å²) in [5, 5.41) is 27.9. The number of carboxylic acids is 2. The van der Waals surface area contributed by atoms with E-state index < -0.39 is 27.8 Å². The van der Waals surface area contributed by atoms with Crippen LogP contribution in [-0.4, -0.2) is 22.2 Å². The molecule has 0 aliphatic rings. The minimum atomic E-state index is -0.833. The van der Waals surface area contributed by atoms with Gasteiger partial charge in [-0.1, -0.05) is 0 Å². The number of hydrogen-bond acceptors (Lipinski definition) is 8. The molecule has 0 unspecified atom stereocenters. The number of rotatable bonds is 6. The van der Waals surface area contributed by atoms with Gasteiger partial charge in [0.05, 0.1) is 0 Å². The smallest absolute Gasteiger partial charge is 0.300 e. The van der Waals surface area contributed by atoms with Crippen LogP contribution in [-0.2, 0) is 54.3 Å². The number of carboxylic acid groups (broad SMARTS) is 2. The SMILES string of the molecule is CC(=O)O.CC(=O)O.[Au].[Au].c1csc([PH+](c2cccs2)c2cccs2)c1.c1csc([PH+](c2cccs2)c2cccs2)c1. The number of carbonyl (C=O) groups is 2. The fraction of sp³-hybridized carbons (Fsp3) is 0.0714. The van der Waals surface area contributed by atoms with Crippen LogP contribution in [0.15, 0.2) is 105 Å². The Labute approximate surface area is 303 Å². The van der Waals surface area contributed by atoms with Gasteiger partial charge in [0.25, 0.3) is 11.9 Å². The van der Waals surface area contributed by atoms with Crippen LogP contribution in [0.3, 0.4) is 0 Å². The van der Waals surface area contributed by atoms with Crippen molar-refractivity contribution in [3.05, 3.63) is 105 Å². The summed E-state index contributed by atoms with van der Waals surface area (Å²) in [4.78, 5) is 18.0. The van der Waals surface area contributed by atoms with Gasteiger partial charge in [0, 0.05) is 58.6 Å². The quantitative estimate of drug-likeness (QED) is 0.141. The van der Waals surface area contributed by atoms with Crippen LogP contribution in [0.5, 0.6) is 0 Å². The fourth-order valence-corrected chi connectivity index (χ4v) is 18.2. The molecule has 6 heterocycles. The van der Waals surface area contributed by atoms with Crippen LogP contribution in [0.2, 0.25) is 0 Å². The fourth-order valence-electron chi connectivity index (χ4n) is 3.25. The first-order valence-corrected chi connectivity index (χ1v) is 20.0. The second-order valence-corrected chi connectivity index (χ2v) is 20.2. The van der Waals surface area contributed by atoms with Gasteiger partial charge in [0.15, 0.2) is 27.7 Å². The first-order chi connectivity index (χ1) is 19.4. The maximum Gasteiger partial charge on any atom is 0.300 e. The normalized spacial score (nSPS) is 9.62. The molecule has 2 N–H and O–H groups in total. The average molecular weight is 1080 g/mol. The second kappa shape index (κ2) is 22.1. The van der Waals surface area contributed by atoms with Crippen LogP contribution in [0, 0.1) is 0 Å². The third kappa shape index (κ3) is 13.6. The summed E-state index contributed by atoms with van der Waals surface area (Å²) in [5.41, 5.74) is 0. The maximum absolute atomic E-state index is 9.00. The predicted molar refractivity (Wildman–Crippen MR) is 187 cm³/mol. The molecule has 0 saturated carbocycles. The van der Waals surface area contributed by atoms with Crippen molar-refractivity contribution in [3.8, 4) is 0 Å². The van der Waals surface area contributed by atoms with Crippen molar-refractivity contribution in [2.45, 2.75) is 13.8 Å². The van der Waals surface area contributed by atoms with Gasteiger partial charge < -0.3 is 10.2 Å². The molecule has 0 aliphatic heterocycles. The minimum absolute atomic E-state index is 0. The third-order valence-electron chi connectivity index (χ3n) is 4.61. The van der Waals surface area contributed by atoms with Crippen molar-refractivity contribution in [1.82, 2.24) is 0 Å². The van der Waals surface area contributed by atoms with Crippen molar-refractivity contribution in [2.24, 2.45) is 0 Å². The van der Waals surface area contributed by atoms with E-state index in [9.17, 15) is 0 Å². The van der Waals surface area contributed by atoms with E-state index in [1.54, 1.807) is 0 Å². The van der Waals surface area contributed by atoms with Gasteiger partial charge in [-0.15, -0.1) is 68.0 Å². The Hall–Kier alpha value is -0.519. The summed E-state index contributed by atoms with van der Waals surface area (Å²) in [6.45, 7) is 2.17. The van der Waals surface area contributed by atoms with Gasteiger partial charge in [-0.05, 0) is 105 Å². The molecule has 2 radical (unpaired) electrons. The maximum atomic E-state index is 9.00. The second-order valence-electron chi connectivity index (χ2n) is 7.65. The minimum Gasteiger partial charge on any atom is -0.481 e. The van der Waals surface area contributed by atoms with Gasteiger partial charge in [0.1, 0.15) is 15.8 Å². The van der Waals surface area contributed by atoms with Crippen molar-refractivity contribution in [1.29, 1.82) is 0 Å². The average Bonchev–Trinajstić information content (AvgIpc) is 3.72. The molecule has 0 aromatic carbocycles. The van der Waals surface area contributed by atoms with Crippen molar-refractivity contribution < 1.29 is 64.6 Å². The monoisotopic (exact) mass is 1080 g/mol. The molecule has 0 aliphatic carbocycles. The molecule has 14 heteroatoms. The van der Waals surface area contributed by atoms with E-state index in [2.05, 4.69) is 105 Å². The van der Waals surface area contributed by atoms with E-state index in [1.807, 2.05) is 68.0 Å². The van der Waals surface area contributed by atoms with Gasteiger partial charge in [-0.2, -0.15) is 0 Å². The molecule has 0 fully saturated rings. The molecule has 0 bridgehead atoms. The Balaban J connectivity index is 0.000000324. The number of hydrogen-bond donors (Lipinski definition) is 2. The van der Waals surface area contributed by atoms with E-state index in [0.717, 1.165) is 13.8 Å². The zero-order chi connectivity index (χ0) is 28.7. The van der Waals surface area contributed by atoms with Crippen molar-refractivity contribution in [2.75, 3.05) is 0 Å². The van der Waals surface area contributed by atoms with Crippen LogP contribution in [0.1, 0.15) is 13.8 Å². The first kappa shape index (κ1) is 39.5. The molecule has 0 atom stereocenters. The standard InChI is InChI=1S/2C12H9PS3.2C2H4O2.2Au/c2*1-4-10(14-7-1)13(11-5-2-8-15-11)12-6-3-9-16-12;2*1-2(3)4;;/h2*1-9H;2*1H3,(H,3,4);;/p+2. The summed E-state index contributed by atoms with van der Waals surface area (Å²) >= 11 is 11.3. The van der Waals surface area contributed by atoms with Crippen LogP contribution >= 0.6 is 83.9 Å². The van der Waals surface area contributed by atoms with Crippen LogP contribution in [0.25, 0.3) is 0 Å². The summed E-state index contributed by atoms with van der Waals surface area (Å²) < 4.78 is 9.22. The number of aliphatic carboxylic acids is 2. The molecular weight excluding hydrogens is 1050 g/mol. The van der Waals surface area contributed by atoms with Gasteiger partial charge >= 0.3 is 0 Å². The summed E-state index contributed by atoms with van der Waals surface area (Å²) in [7, 11) is -1.39. The molecule has 6 aromatic heterocycles. The van der Waals surface area contributed by atoms with E-state index in [1.165, 1.54) is 27.7 Å². The Bertz CT molecular complexity index is 1190. The van der Waals surface area contributed by atoms with Crippen LogP contribution < -0.4 is 27.7 Å². The van der Waals surface area contributed by atoms with Gasteiger partial charge in [0.2, 0.25) is 0 Å². The third-order valence-corrected chi connectivity index (χ3v) is 18.5. The van der Waals surface area contributed by atoms with E-state index in [-0.39, 0.29) is 44.8 Å². The Morgan fingerprint density at radius 3 is 0.690 bits per heavy atom. The van der Waals surface area contributed by atoms with Gasteiger partial charge in [-0.3, -0.25) is 9.59 Å². The van der Waals surface area contributed by atoms with Crippen molar-refractivity contribution in [3.63, 3.8) is 0 Å². The predicted octanol–water partition coefficient (Wildman–Crippen LogP) is 6.90. The van der Waals surface area contributed by atoms with Gasteiger partial charge in [-0.25, -0.2) is 0 Å². The molecule has 6 aromatic rings. The van der Waals surface area contributed by atoms with E-state index in [4.69, 9.17) is 19.8 Å². The molecular formula is C28H28Au2O4P2S6+2. The zero-order valence-electron chi connectivity index (χ0n) is 22.2. The van der Waals surface area contributed by atoms with Crippen LogP contribution in [0.4, 0.5) is 0 Å². The molecule has 230 valence electrons. The van der Waals surface area contributed by atoms with Crippen molar-refractivity contribution >= 4 is 124 Å². The summed E-state index contributed by atoms with van der Waals surface area (Å²) in [6, 6.07) is 26.6. The molecule has 0 amide bonds. The topological polar surface area (TPSA) is 74.6 Å². The molecule has 6 rings (SSSR count). The zero-order valence-corrected chi connectivity index (χ0v) is 33.4. The summed E-state index contributed by atoms with van der Waals surface area (Å²) in [6.07, 6.45) is 0. The Kier molecular flexibility index (Phi) is 20.8. The molecule has 0 spiro atoms. The molecule has 0 saturated heterocycles. The largest absolute Gasteiger partial charge is 0.481 e. The Morgan fingerprint density at radius 2 is 0.595 bits per heavy atom. The molecule has 4 nitrogen and oxygen atoms in total.